The van der Waals surface area contributed by atoms with Crippen molar-refractivity contribution in [2.24, 2.45) is 0 Å². The Morgan fingerprint density at radius 1 is 0.257 bits per heavy atom. The first-order chi connectivity index (χ1) is 34.7. The Hall–Kier alpha value is -9.38. The van der Waals surface area contributed by atoms with Gasteiger partial charge in [-0.05, 0) is 131 Å². The Morgan fingerprint density at radius 3 is 1.26 bits per heavy atom. The van der Waals surface area contributed by atoms with Gasteiger partial charge >= 0.3 is 0 Å². The van der Waals surface area contributed by atoms with Crippen molar-refractivity contribution in [1.82, 2.24) is 19.1 Å². The first kappa shape index (κ1) is 39.8. The molecule has 0 saturated carbocycles. The molecule has 2 heterocycles. The summed E-state index contributed by atoms with van der Waals surface area (Å²) >= 11 is 0. The van der Waals surface area contributed by atoms with Crippen LogP contribution < -0.4 is 0 Å². The molecular formula is C66H42N4. The molecule has 70 heavy (non-hydrogen) atoms. The van der Waals surface area contributed by atoms with E-state index in [1.165, 1.54) is 65.3 Å². The van der Waals surface area contributed by atoms with Gasteiger partial charge in [-0.25, -0.2) is 9.97 Å². The molecule has 0 bridgehead atoms. The van der Waals surface area contributed by atoms with Gasteiger partial charge in [0.15, 0.2) is 0 Å². The molecule has 14 aromatic rings. The molecule has 0 unspecified atom stereocenters. The van der Waals surface area contributed by atoms with Crippen LogP contribution in [0.5, 0.6) is 0 Å². The standard InChI is InChI=1S/C66H42N4/c1-3-19-46(20-4-1)65-67-59-29-11-13-31-61(59)69(65)49-36-33-43(34-37-49)48-35-39-55-57(41-48)63(53-27-15-23-44-17-7-9-25-51(44)53)56-40-38-50(42-58(56)64(55)54-28-16-24-45-18-8-10-26-52(45)54)70-62-32-14-12-30-60(62)68-66(70)47-21-5-2-6-22-47/h1-42H. The molecule has 12 aromatic carbocycles. The van der Waals surface area contributed by atoms with E-state index in [2.05, 4.69) is 264 Å². The molecule has 0 saturated heterocycles. The average Bonchev–Trinajstić information content (AvgIpc) is 4.02. The van der Waals surface area contributed by atoms with Crippen molar-refractivity contribution < 1.29 is 0 Å². The van der Waals surface area contributed by atoms with Crippen LogP contribution in [0.4, 0.5) is 0 Å². The van der Waals surface area contributed by atoms with Crippen LogP contribution in [-0.2, 0) is 0 Å². The van der Waals surface area contributed by atoms with Gasteiger partial charge in [-0.1, -0.05) is 200 Å². The summed E-state index contributed by atoms with van der Waals surface area (Å²) in [6.45, 7) is 0. The van der Waals surface area contributed by atoms with Crippen molar-refractivity contribution in [3.63, 3.8) is 0 Å². The van der Waals surface area contributed by atoms with Gasteiger partial charge in [0.1, 0.15) is 11.6 Å². The second kappa shape index (κ2) is 16.2. The van der Waals surface area contributed by atoms with E-state index in [0.717, 1.165) is 67.3 Å². The summed E-state index contributed by atoms with van der Waals surface area (Å²) in [5.74, 6) is 1.84. The fourth-order valence-electron chi connectivity index (χ4n) is 10.9. The Kier molecular flexibility index (Phi) is 9.17. The first-order valence-corrected chi connectivity index (χ1v) is 23.9. The van der Waals surface area contributed by atoms with Crippen LogP contribution in [-0.4, -0.2) is 19.1 Å². The molecule has 0 amide bonds. The second-order valence-electron chi connectivity index (χ2n) is 18.1. The van der Waals surface area contributed by atoms with Gasteiger partial charge in [0.25, 0.3) is 0 Å². The topological polar surface area (TPSA) is 35.6 Å². The molecule has 0 fully saturated rings. The van der Waals surface area contributed by atoms with Gasteiger partial charge in [0.2, 0.25) is 0 Å². The van der Waals surface area contributed by atoms with Gasteiger partial charge in [0.05, 0.1) is 22.1 Å². The van der Waals surface area contributed by atoms with E-state index in [9.17, 15) is 0 Å². The molecule has 0 radical (unpaired) electrons. The Bertz CT molecular complexity index is 4320. The van der Waals surface area contributed by atoms with E-state index in [1.54, 1.807) is 0 Å². The lowest BCUT2D eigenvalue weighted by Gasteiger charge is -2.22. The quantitative estimate of drug-likeness (QED) is 0.149. The van der Waals surface area contributed by atoms with E-state index >= 15 is 0 Å². The zero-order chi connectivity index (χ0) is 46.1. The number of imidazole rings is 2. The molecule has 0 N–H and O–H groups in total. The molecular weight excluding hydrogens is 849 g/mol. The van der Waals surface area contributed by atoms with Crippen molar-refractivity contribution >= 4 is 65.2 Å². The molecule has 4 nitrogen and oxygen atoms in total. The zero-order valence-corrected chi connectivity index (χ0v) is 38.0. The van der Waals surface area contributed by atoms with Crippen LogP contribution in [0.25, 0.3) is 133 Å². The van der Waals surface area contributed by atoms with Gasteiger partial charge in [0, 0.05) is 22.5 Å². The van der Waals surface area contributed by atoms with E-state index < -0.39 is 0 Å². The van der Waals surface area contributed by atoms with Gasteiger partial charge in [-0.3, -0.25) is 9.13 Å². The second-order valence-corrected chi connectivity index (χ2v) is 18.1. The van der Waals surface area contributed by atoms with Crippen LogP contribution >= 0.6 is 0 Å². The molecule has 0 spiro atoms. The number of aromatic nitrogens is 4. The highest BCUT2D eigenvalue weighted by atomic mass is 15.1. The number of nitrogens with zero attached hydrogens (tertiary/aromatic N) is 4. The maximum Gasteiger partial charge on any atom is 0.145 e. The van der Waals surface area contributed by atoms with Gasteiger partial charge in [-0.2, -0.15) is 0 Å². The Morgan fingerprint density at radius 2 is 0.686 bits per heavy atom. The summed E-state index contributed by atoms with van der Waals surface area (Å²) in [5.41, 5.74) is 15.5. The van der Waals surface area contributed by atoms with Gasteiger partial charge in [-0.15, -0.1) is 0 Å². The molecule has 0 aliphatic heterocycles. The summed E-state index contributed by atoms with van der Waals surface area (Å²) < 4.78 is 4.61. The number of para-hydroxylation sites is 4. The predicted molar refractivity (Wildman–Crippen MR) is 293 cm³/mol. The van der Waals surface area contributed by atoms with Crippen molar-refractivity contribution in [2.45, 2.75) is 0 Å². The van der Waals surface area contributed by atoms with Crippen LogP contribution in [0.2, 0.25) is 0 Å². The van der Waals surface area contributed by atoms with Crippen molar-refractivity contribution in [3.05, 3.63) is 255 Å². The maximum atomic E-state index is 5.26. The van der Waals surface area contributed by atoms with Crippen molar-refractivity contribution in [1.29, 1.82) is 0 Å². The van der Waals surface area contributed by atoms with Crippen molar-refractivity contribution in [2.75, 3.05) is 0 Å². The van der Waals surface area contributed by atoms with E-state index in [1.807, 2.05) is 0 Å². The van der Waals surface area contributed by atoms with Crippen molar-refractivity contribution in [3.8, 4) is 67.5 Å². The summed E-state index contributed by atoms with van der Waals surface area (Å²) in [6, 6.07) is 92.1. The highest BCUT2D eigenvalue weighted by molar-refractivity contribution is 6.26. The molecule has 0 atom stereocenters. The summed E-state index contributed by atoms with van der Waals surface area (Å²) in [5, 5.41) is 9.62. The summed E-state index contributed by atoms with van der Waals surface area (Å²) in [6.07, 6.45) is 0. The lowest BCUT2D eigenvalue weighted by Crippen LogP contribution is -1.99. The van der Waals surface area contributed by atoms with E-state index in [4.69, 9.17) is 9.97 Å². The number of benzene rings is 12. The first-order valence-electron chi connectivity index (χ1n) is 23.9. The third-order valence-corrected chi connectivity index (χ3v) is 14.1. The predicted octanol–water partition coefficient (Wildman–Crippen LogP) is 17.3. The Balaban J connectivity index is 1.05. The molecule has 4 heteroatoms. The molecule has 326 valence electrons. The number of hydrogen-bond donors (Lipinski definition) is 0. The lowest BCUT2D eigenvalue weighted by atomic mass is 9.82. The minimum Gasteiger partial charge on any atom is -0.292 e. The van der Waals surface area contributed by atoms with Crippen LogP contribution in [0.15, 0.2) is 255 Å². The van der Waals surface area contributed by atoms with E-state index in [-0.39, 0.29) is 0 Å². The Labute approximate surface area is 404 Å². The molecule has 0 aliphatic carbocycles. The normalized spacial score (nSPS) is 11.7. The number of rotatable bonds is 7. The van der Waals surface area contributed by atoms with Crippen LogP contribution in [0.1, 0.15) is 0 Å². The minimum atomic E-state index is 0.913. The molecule has 0 aliphatic rings. The van der Waals surface area contributed by atoms with Gasteiger partial charge < -0.3 is 0 Å². The monoisotopic (exact) mass is 890 g/mol. The van der Waals surface area contributed by atoms with Crippen LogP contribution in [0, 0.1) is 0 Å². The average molecular weight is 891 g/mol. The highest BCUT2D eigenvalue weighted by Crippen LogP contribution is 2.48. The summed E-state index contributed by atoms with van der Waals surface area (Å²) in [4.78, 5) is 10.4. The smallest absolute Gasteiger partial charge is 0.145 e. The minimum absolute atomic E-state index is 0.913. The fraction of sp³-hybridized carbons (Fsp3) is 0. The third kappa shape index (κ3) is 6.38. The van der Waals surface area contributed by atoms with E-state index in [0.29, 0.717) is 0 Å². The SMILES string of the molecule is c1ccc(-c2nc3ccccc3n2-c2ccc(-c3ccc4c(-c5cccc6ccccc56)c5cc(-n6c(-c7ccccc7)nc7ccccc76)ccc5c(-c5cccc6ccccc56)c4c3)cc2)cc1. The zero-order valence-electron chi connectivity index (χ0n) is 38.0. The molecule has 14 rings (SSSR count). The number of fused-ring (bicyclic) bond motifs is 6. The summed E-state index contributed by atoms with van der Waals surface area (Å²) in [7, 11) is 0. The fourth-order valence-corrected chi connectivity index (χ4v) is 10.9. The third-order valence-electron chi connectivity index (χ3n) is 14.1. The highest BCUT2D eigenvalue weighted by Gasteiger charge is 2.23. The van der Waals surface area contributed by atoms with Crippen LogP contribution in [0.3, 0.4) is 0 Å². The lowest BCUT2D eigenvalue weighted by molar-refractivity contribution is 1.10. The largest absolute Gasteiger partial charge is 0.292 e. The molecule has 2 aromatic heterocycles. The maximum absolute atomic E-state index is 5.26. The number of hydrogen-bond acceptors (Lipinski definition) is 2.